The Labute approximate surface area is 236 Å². The molecule has 0 aromatic heterocycles. The molecule has 0 spiro atoms. The number of urea groups is 1. The van der Waals surface area contributed by atoms with Gasteiger partial charge in [-0.05, 0) is 50.1 Å². The molecule has 10 nitrogen and oxygen atoms in total. The summed E-state index contributed by atoms with van der Waals surface area (Å²) in [5.41, 5.74) is 0.677. The van der Waals surface area contributed by atoms with Crippen molar-refractivity contribution >= 4 is 27.6 Å². The van der Waals surface area contributed by atoms with Gasteiger partial charge in [0.15, 0.2) is 0 Å². The van der Waals surface area contributed by atoms with E-state index in [9.17, 15) is 23.1 Å². The molecule has 1 aliphatic heterocycles. The zero-order valence-corrected chi connectivity index (χ0v) is 24.2. The van der Waals surface area contributed by atoms with Crippen molar-refractivity contribution in [3.63, 3.8) is 0 Å². The molecule has 2 aromatic carbocycles. The molecular formula is C29H40N4O6S. The second-order valence-electron chi connectivity index (χ2n) is 10.9. The highest BCUT2D eigenvalue weighted by atomic mass is 32.2. The lowest BCUT2D eigenvalue weighted by Gasteiger charge is -2.38. The van der Waals surface area contributed by atoms with E-state index >= 15 is 0 Å². The average molecular weight is 573 g/mol. The van der Waals surface area contributed by atoms with E-state index in [1.165, 1.54) is 17.8 Å². The molecule has 3 atom stereocenters. The number of rotatable bonds is 8. The molecule has 2 aromatic rings. The van der Waals surface area contributed by atoms with Crippen molar-refractivity contribution < 1.29 is 27.9 Å². The Morgan fingerprint density at radius 3 is 2.52 bits per heavy atom. The van der Waals surface area contributed by atoms with Crippen molar-refractivity contribution in [2.24, 2.45) is 5.92 Å². The highest BCUT2D eigenvalue weighted by molar-refractivity contribution is 7.89. The van der Waals surface area contributed by atoms with Gasteiger partial charge < -0.3 is 25.4 Å². The van der Waals surface area contributed by atoms with Crippen LogP contribution >= 0.6 is 0 Å². The minimum atomic E-state index is -3.76. The minimum absolute atomic E-state index is 0.0527. The Balaban J connectivity index is 1.59. The lowest BCUT2D eigenvalue weighted by atomic mass is 9.96. The van der Waals surface area contributed by atoms with Gasteiger partial charge in [0.05, 0.1) is 29.7 Å². The van der Waals surface area contributed by atoms with E-state index in [0.29, 0.717) is 11.4 Å². The Morgan fingerprint density at radius 1 is 1.15 bits per heavy atom. The van der Waals surface area contributed by atoms with Gasteiger partial charge in [-0.1, -0.05) is 44.4 Å². The number of amides is 3. The van der Waals surface area contributed by atoms with Crippen LogP contribution in [-0.4, -0.2) is 79.6 Å². The van der Waals surface area contributed by atoms with E-state index in [4.69, 9.17) is 4.74 Å². The number of nitrogens with zero attached hydrogens (tertiary/aromatic N) is 2. The summed E-state index contributed by atoms with van der Waals surface area (Å²) in [7, 11) is -2.25. The highest BCUT2D eigenvalue weighted by Gasteiger charge is 2.35. The maximum atomic E-state index is 13.7. The predicted octanol–water partition coefficient (Wildman–Crippen LogP) is 3.68. The SMILES string of the molecule is C[C@@H]1CN([C@@H](C)CO)C(=O)c2cc(NC(=O)NC3CCCCC3)ccc2O[C@@H]1CN(C)S(=O)(=O)c1ccccc1. The Morgan fingerprint density at radius 2 is 1.85 bits per heavy atom. The lowest BCUT2D eigenvalue weighted by Crippen LogP contribution is -2.50. The predicted molar refractivity (Wildman–Crippen MR) is 153 cm³/mol. The summed E-state index contributed by atoms with van der Waals surface area (Å²) in [5, 5.41) is 15.7. The molecule has 0 saturated heterocycles. The number of fused-ring (bicyclic) bond motifs is 1. The van der Waals surface area contributed by atoms with E-state index in [-0.39, 0.29) is 54.1 Å². The molecule has 0 radical (unpaired) electrons. The average Bonchev–Trinajstić information content (AvgIpc) is 2.95. The zero-order valence-electron chi connectivity index (χ0n) is 23.4. The topological polar surface area (TPSA) is 128 Å². The third kappa shape index (κ3) is 6.94. The molecule has 0 unspecified atom stereocenters. The molecule has 1 saturated carbocycles. The first-order valence-corrected chi connectivity index (χ1v) is 15.4. The standard InChI is InChI=1S/C29H40N4O6S/c1-20-17-33(21(2)19-34)28(35)25-16-23(31-29(36)30-22-10-6-4-7-11-22)14-15-26(25)39-27(20)18-32(3)40(37,38)24-12-8-5-9-13-24/h5,8-9,12-16,20-22,27,34H,4,6-7,10-11,17-19H2,1-3H3,(H2,30,31,36)/t20-,21+,27-/m1/s1. The van der Waals surface area contributed by atoms with Gasteiger partial charge in [-0.3, -0.25) is 4.79 Å². The number of sulfonamides is 1. The van der Waals surface area contributed by atoms with Crippen molar-refractivity contribution in [3.05, 3.63) is 54.1 Å². The van der Waals surface area contributed by atoms with Gasteiger partial charge in [-0.25, -0.2) is 13.2 Å². The van der Waals surface area contributed by atoms with Gasteiger partial charge in [-0.2, -0.15) is 4.31 Å². The van der Waals surface area contributed by atoms with E-state index in [0.717, 1.165) is 25.7 Å². The van der Waals surface area contributed by atoms with Gasteiger partial charge in [0, 0.05) is 31.2 Å². The van der Waals surface area contributed by atoms with E-state index in [2.05, 4.69) is 10.6 Å². The molecule has 1 aliphatic carbocycles. The first kappa shape index (κ1) is 29.8. The van der Waals surface area contributed by atoms with Crippen LogP contribution in [0.15, 0.2) is 53.4 Å². The van der Waals surface area contributed by atoms with Crippen LogP contribution in [-0.2, 0) is 10.0 Å². The van der Waals surface area contributed by atoms with Gasteiger partial charge in [0.25, 0.3) is 5.91 Å². The summed E-state index contributed by atoms with van der Waals surface area (Å²) in [6.07, 6.45) is 4.68. The number of carbonyl (C=O) groups is 2. The van der Waals surface area contributed by atoms with Crippen LogP contribution in [0.1, 0.15) is 56.3 Å². The molecule has 11 heteroatoms. The van der Waals surface area contributed by atoms with Crippen LogP contribution in [0.2, 0.25) is 0 Å². The number of aliphatic hydroxyl groups excluding tert-OH is 1. The monoisotopic (exact) mass is 572 g/mol. The second-order valence-corrected chi connectivity index (χ2v) is 12.9. The van der Waals surface area contributed by atoms with Crippen molar-refractivity contribution in [1.29, 1.82) is 0 Å². The molecule has 218 valence electrons. The zero-order chi connectivity index (χ0) is 28.9. The lowest BCUT2D eigenvalue weighted by molar-refractivity contribution is 0.0387. The molecular weight excluding hydrogens is 532 g/mol. The quantitative estimate of drug-likeness (QED) is 0.443. The summed E-state index contributed by atoms with van der Waals surface area (Å²) in [6.45, 7) is 3.73. The smallest absolute Gasteiger partial charge is 0.319 e. The number of carbonyl (C=O) groups excluding carboxylic acids is 2. The van der Waals surface area contributed by atoms with Gasteiger partial charge in [0.2, 0.25) is 10.0 Å². The normalized spacial score (nSPS) is 21.1. The van der Waals surface area contributed by atoms with Crippen LogP contribution in [0.4, 0.5) is 10.5 Å². The number of ether oxygens (including phenoxy) is 1. The Kier molecular flexibility index (Phi) is 9.70. The molecule has 3 amide bonds. The van der Waals surface area contributed by atoms with E-state index in [1.54, 1.807) is 60.4 Å². The third-order valence-electron chi connectivity index (χ3n) is 7.75. The summed E-state index contributed by atoms with van der Waals surface area (Å²) in [6, 6.07) is 12.4. The molecule has 1 fully saturated rings. The summed E-state index contributed by atoms with van der Waals surface area (Å²) in [4.78, 5) is 28.1. The summed E-state index contributed by atoms with van der Waals surface area (Å²) < 4.78 is 34.0. The molecule has 3 N–H and O–H groups in total. The van der Waals surface area contributed by atoms with Crippen LogP contribution in [0, 0.1) is 5.92 Å². The maximum absolute atomic E-state index is 13.7. The van der Waals surface area contributed by atoms with Crippen molar-refractivity contribution in [3.8, 4) is 5.75 Å². The second kappa shape index (κ2) is 13.0. The fraction of sp³-hybridized carbons (Fsp3) is 0.517. The number of anilines is 1. The molecule has 0 bridgehead atoms. The van der Waals surface area contributed by atoms with Gasteiger partial charge in [-0.15, -0.1) is 0 Å². The van der Waals surface area contributed by atoms with Crippen LogP contribution < -0.4 is 15.4 Å². The summed E-state index contributed by atoms with van der Waals surface area (Å²) in [5.74, 6) is -0.289. The number of nitrogens with one attached hydrogen (secondary N) is 2. The molecule has 1 heterocycles. The summed E-state index contributed by atoms with van der Waals surface area (Å²) >= 11 is 0. The molecule has 2 aliphatic rings. The van der Waals surface area contributed by atoms with Crippen LogP contribution in [0.3, 0.4) is 0 Å². The number of likely N-dealkylation sites (N-methyl/N-ethyl adjacent to an activating group) is 1. The maximum Gasteiger partial charge on any atom is 0.319 e. The van der Waals surface area contributed by atoms with Crippen molar-refractivity contribution in [2.45, 2.75) is 69.0 Å². The van der Waals surface area contributed by atoms with Gasteiger partial charge in [0.1, 0.15) is 11.9 Å². The fourth-order valence-electron chi connectivity index (χ4n) is 5.24. The van der Waals surface area contributed by atoms with E-state index < -0.39 is 22.2 Å². The fourth-order valence-corrected chi connectivity index (χ4v) is 6.45. The van der Waals surface area contributed by atoms with Gasteiger partial charge >= 0.3 is 6.03 Å². The number of hydrogen-bond acceptors (Lipinski definition) is 6. The number of hydrogen-bond donors (Lipinski definition) is 3. The number of benzene rings is 2. The Hall–Kier alpha value is -3.15. The van der Waals surface area contributed by atoms with Crippen molar-refractivity contribution in [1.82, 2.24) is 14.5 Å². The first-order valence-electron chi connectivity index (χ1n) is 13.9. The largest absolute Gasteiger partial charge is 0.488 e. The minimum Gasteiger partial charge on any atom is -0.488 e. The molecule has 4 rings (SSSR count). The highest BCUT2D eigenvalue weighted by Crippen LogP contribution is 2.31. The first-order chi connectivity index (χ1) is 19.1. The van der Waals surface area contributed by atoms with Crippen LogP contribution in [0.25, 0.3) is 0 Å². The van der Waals surface area contributed by atoms with Crippen LogP contribution in [0.5, 0.6) is 5.75 Å². The molecule has 40 heavy (non-hydrogen) atoms. The van der Waals surface area contributed by atoms with E-state index in [1.807, 2.05) is 6.92 Å². The van der Waals surface area contributed by atoms with Crippen molar-refractivity contribution in [2.75, 3.05) is 32.1 Å². The Bertz CT molecular complexity index is 1280. The number of aliphatic hydroxyl groups is 1. The third-order valence-corrected chi connectivity index (χ3v) is 9.59.